The predicted octanol–water partition coefficient (Wildman–Crippen LogP) is 1.14. The van der Waals surface area contributed by atoms with Gasteiger partial charge in [0.2, 0.25) is 5.91 Å². The fraction of sp³-hybridized carbons (Fsp3) is 0.462. The van der Waals surface area contributed by atoms with Gasteiger partial charge in [-0.2, -0.15) is 0 Å². The summed E-state index contributed by atoms with van der Waals surface area (Å²) in [5.41, 5.74) is 5.97. The lowest BCUT2D eigenvalue weighted by molar-refractivity contribution is -0.131. The second-order valence-corrected chi connectivity index (χ2v) is 4.84. The summed E-state index contributed by atoms with van der Waals surface area (Å²) in [6, 6.07) is -0.133. The highest BCUT2D eigenvalue weighted by Crippen LogP contribution is 2.30. The maximum absolute atomic E-state index is 12.1. The molecule has 2 heterocycles. The van der Waals surface area contributed by atoms with Gasteiger partial charge in [-0.05, 0) is 26.2 Å². The van der Waals surface area contributed by atoms with Crippen molar-refractivity contribution in [2.75, 3.05) is 6.54 Å². The molecule has 1 fully saturated rings. The second kappa shape index (κ2) is 5.26. The molecule has 0 saturated carbocycles. The van der Waals surface area contributed by atoms with Crippen molar-refractivity contribution in [2.45, 2.75) is 32.2 Å². The first-order valence-corrected chi connectivity index (χ1v) is 6.32. The molecule has 1 aromatic heterocycles. The Labute approximate surface area is 111 Å². The Morgan fingerprint density at radius 1 is 1.53 bits per heavy atom. The van der Waals surface area contributed by atoms with E-state index >= 15 is 0 Å². The van der Waals surface area contributed by atoms with Gasteiger partial charge in [-0.15, -0.1) is 0 Å². The molecular weight excluding hydrogens is 244 g/mol. The van der Waals surface area contributed by atoms with Crippen LogP contribution in [0.2, 0.25) is 0 Å². The summed E-state index contributed by atoms with van der Waals surface area (Å²) in [6.07, 6.45) is 4.23. The molecule has 0 radical (unpaired) electrons. The van der Waals surface area contributed by atoms with Gasteiger partial charge in [0.15, 0.2) is 0 Å². The number of nitrogens with two attached hydrogens (primary N) is 1. The molecule has 6 nitrogen and oxygen atoms in total. The fourth-order valence-electron chi connectivity index (χ4n) is 2.34. The maximum atomic E-state index is 12.1. The van der Waals surface area contributed by atoms with E-state index in [1.54, 1.807) is 11.8 Å². The van der Waals surface area contributed by atoms with Crippen LogP contribution in [0.5, 0.6) is 0 Å². The highest BCUT2D eigenvalue weighted by molar-refractivity contribution is 5.92. The molecule has 1 saturated heterocycles. The van der Waals surface area contributed by atoms with Crippen LogP contribution < -0.4 is 5.73 Å². The molecule has 0 bridgehead atoms. The third-order valence-corrected chi connectivity index (χ3v) is 3.31. The van der Waals surface area contributed by atoms with Crippen molar-refractivity contribution in [2.24, 2.45) is 5.73 Å². The molecule has 1 aliphatic rings. The molecule has 3 N–H and O–H groups in total. The SMILES string of the molecule is C=C(C)C(=O)N1CCCCC1c1ncc(C(N)=O)[nH]1. The van der Waals surface area contributed by atoms with Crippen LogP contribution in [0.3, 0.4) is 0 Å². The number of piperidine rings is 1. The van der Waals surface area contributed by atoms with Gasteiger partial charge in [-0.3, -0.25) is 9.59 Å². The Balaban J connectivity index is 2.25. The number of nitrogens with one attached hydrogen (secondary N) is 1. The minimum atomic E-state index is -0.549. The van der Waals surface area contributed by atoms with Gasteiger partial charge >= 0.3 is 0 Å². The number of nitrogens with zero attached hydrogens (tertiary/aromatic N) is 2. The van der Waals surface area contributed by atoms with E-state index < -0.39 is 5.91 Å². The van der Waals surface area contributed by atoms with Gasteiger partial charge in [-0.25, -0.2) is 4.98 Å². The van der Waals surface area contributed by atoms with E-state index in [0.717, 1.165) is 19.3 Å². The number of hydrogen-bond acceptors (Lipinski definition) is 3. The molecule has 19 heavy (non-hydrogen) atoms. The lowest BCUT2D eigenvalue weighted by atomic mass is 10.0. The van der Waals surface area contributed by atoms with Crippen LogP contribution in [0.1, 0.15) is 48.5 Å². The van der Waals surface area contributed by atoms with Crippen LogP contribution in [0.4, 0.5) is 0 Å². The standard InChI is InChI=1S/C13H18N4O2/c1-8(2)13(19)17-6-4-3-5-10(17)12-15-7-9(16-12)11(14)18/h7,10H,1,3-6H2,2H3,(H2,14,18)(H,15,16). The molecule has 0 aliphatic carbocycles. The van der Waals surface area contributed by atoms with Gasteiger partial charge in [0, 0.05) is 12.1 Å². The van der Waals surface area contributed by atoms with E-state index in [1.165, 1.54) is 6.20 Å². The number of rotatable bonds is 3. The molecule has 1 aromatic rings. The highest BCUT2D eigenvalue weighted by atomic mass is 16.2. The third kappa shape index (κ3) is 2.67. The number of primary amides is 1. The number of carbonyl (C=O) groups is 2. The van der Waals surface area contributed by atoms with Crippen LogP contribution in [0.15, 0.2) is 18.3 Å². The van der Waals surface area contributed by atoms with Crippen molar-refractivity contribution in [3.8, 4) is 0 Å². The Hall–Kier alpha value is -2.11. The molecule has 6 heteroatoms. The van der Waals surface area contributed by atoms with Gasteiger partial charge in [-0.1, -0.05) is 6.58 Å². The summed E-state index contributed by atoms with van der Waals surface area (Å²) in [4.78, 5) is 32.0. The average Bonchev–Trinajstić information content (AvgIpc) is 2.87. The van der Waals surface area contributed by atoms with Crippen LogP contribution in [0, 0.1) is 0 Å². The number of hydrogen-bond donors (Lipinski definition) is 2. The first kappa shape index (κ1) is 13.3. The lowest BCUT2D eigenvalue weighted by Crippen LogP contribution is -2.39. The molecule has 0 aromatic carbocycles. The maximum Gasteiger partial charge on any atom is 0.266 e. The monoisotopic (exact) mass is 262 g/mol. The Kier molecular flexibility index (Phi) is 3.69. The van der Waals surface area contributed by atoms with E-state index in [1.807, 2.05) is 0 Å². The molecule has 102 valence electrons. The van der Waals surface area contributed by atoms with Crippen LogP contribution >= 0.6 is 0 Å². The number of aromatic amines is 1. The molecule has 1 unspecified atom stereocenters. The number of imidazole rings is 1. The summed E-state index contributed by atoms with van der Waals surface area (Å²) in [5.74, 6) is -0.00263. The zero-order valence-corrected chi connectivity index (χ0v) is 11.0. The summed E-state index contributed by atoms with van der Waals surface area (Å²) < 4.78 is 0. The number of aromatic nitrogens is 2. The second-order valence-electron chi connectivity index (χ2n) is 4.84. The first-order chi connectivity index (χ1) is 9.00. The molecule has 0 spiro atoms. The number of H-pyrrole nitrogens is 1. The van der Waals surface area contributed by atoms with E-state index in [0.29, 0.717) is 17.9 Å². The minimum absolute atomic E-state index is 0.0678. The number of amides is 2. The summed E-state index contributed by atoms with van der Waals surface area (Å²) in [7, 11) is 0. The van der Waals surface area contributed by atoms with Crippen LogP contribution in [0.25, 0.3) is 0 Å². The average molecular weight is 262 g/mol. The van der Waals surface area contributed by atoms with Crippen LogP contribution in [-0.4, -0.2) is 33.2 Å². The number of carbonyl (C=O) groups excluding carboxylic acids is 2. The van der Waals surface area contributed by atoms with Crippen molar-refractivity contribution >= 4 is 11.8 Å². The topological polar surface area (TPSA) is 92.1 Å². The highest BCUT2D eigenvalue weighted by Gasteiger charge is 2.30. The summed E-state index contributed by atoms with van der Waals surface area (Å²) in [5, 5.41) is 0. The predicted molar refractivity (Wildman–Crippen MR) is 70.2 cm³/mol. The zero-order valence-electron chi connectivity index (χ0n) is 11.0. The third-order valence-electron chi connectivity index (χ3n) is 3.31. The van der Waals surface area contributed by atoms with E-state index in [9.17, 15) is 9.59 Å². The molecule has 2 rings (SSSR count). The minimum Gasteiger partial charge on any atom is -0.364 e. The summed E-state index contributed by atoms with van der Waals surface area (Å²) >= 11 is 0. The van der Waals surface area contributed by atoms with Crippen molar-refractivity contribution < 1.29 is 9.59 Å². The largest absolute Gasteiger partial charge is 0.364 e. The molecule has 1 aliphatic heterocycles. The van der Waals surface area contributed by atoms with Crippen LogP contribution in [-0.2, 0) is 4.79 Å². The molecule has 2 amide bonds. The number of likely N-dealkylation sites (tertiary alicyclic amines) is 1. The van der Waals surface area contributed by atoms with Crippen molar-refractivity contribution in [3.63, 3.8) is 0 Å². The molecular formula is C13H18N4O2. The van der Waals surface area contributed by atoms with Gasteiger partial charge < -0.3 is 15.6 Å². The Bertz CT molecular complexity index is 520. The smallest absolute Gasteiger partial charge is 0.266 e. The van der Waals surface area contributed by atoms with Crippen molar-refractivity contribution in [1.29, 1.82) is 0 Å². The van der Waals surface area contributed by atoms with Crippen molar-refractivity contribution in [1.82, 2.24) is 14.9 Å². The fourth-order valence-corrected chi connectivity index (χ4v) is 2.34. The van der Waals surface area contributed by atoms with Gasteiger partial charge in [0.1, 0.15) is 11.5 Å². The van der Waals surface area contributed by atoms with Gasteiger partial charge in [0.05, 0.1) is 12.2 Å². The Morgan fingerprint density at radius 2 is 2.26 bits per heavy atom. The van der Waals surface area contributed by atoms with E-state index in [4.69, 9.17) is 5.73 Å². The first-order valence-electron chi connectivity index (χ1n) is 6.32. The quantitative estimate of drug-likeness (QED) is 0.800. The Morgan fingerprint density at radius 3 is 2.84 bits per heavy atom. The van der Waals surface area contributed by atoms with Crippen molar-refractivity contribution in [3.05, 3.63) is 29.9 Å². The summed E-state index contributed by atoms with van der Waals surface area (Å²) in [6.45, 7) is 6.08. The van der Waals surface area contributed by atoms with E-state index in [2.05, 4.69) is 16.5 Å². The van der Waals surface area contributed by atoms with E-state index in [-0.39, 0.29) is 17.6 Å². The van der Waals surface area contributed by atoms with Gasteiger partial charge in [0.25, 0.3) is 5.91 Å². The lowest BCUT2D eigenvalue weighted by Gasteiger charge is -2.34. The normalized spacial score (nSPS) is 19.2. The zero-order chi connectivity index (χ0) is 14.0. The molecule has 1 atom stereocenters.